The van der Waals surface area contributed by atoms with Crippen molar-refractivity contribution in [2.75, 3.05) is 21.3 Å². The molecule has 28 heavy (non-hydrogen) atoms. The molecule has 1 heterocycles. The van der Waals surface area contributed by atoms with Gasteiger partial charge in [-0.25, -0.2) is 0 Å². The summed E-state index contributed by atoms with van der Waals surface area (Å²) >= 11 is 0. The van der Waals surface area contributed by atoms with E-state index in [0.29, 0.717) is 0 Å². The highest BCUT2D eigenvalue weighted by atomic mass is 19.4. The van der Waals surface area contributed by atoms with Crippen LogP contribution in [0.4, 0.5) is 13.2 Å². The van der Waals surface area contributed by atoms with Crippen LogP contribution in [0.5, 0.6) is 17.2 Å². The second-order valence-corrected chi connectivity index (χ2v) is 5.65. The third-order valence-electron chi connectivity index (χ3n) is 4.18. The quantitative estimate of drug-likeness (QED) is 0.780. The number of alkyl halides is 3. The maximum atomic E-state index is 13.9. The third-order valence-corrected chi connectivity index (χ3v) is 4.18. The highest BCUT2D eigenvalue weighted by Gasteiger charge is 2.67. The summed E-state index contributed by atoms with van der Waals surface area (Å²) in [6, 6.07) is 3.79. The fourth-order valence-corrected chi connectivity index (χ4v) is 2.87. The van der Waals surface area contributed by atoms with Gasteiger partial charge in [0.1, 0.15) is 0 Å². The molecule has 150 valence electrons. The highest BCUT2D eigenvalue weighted by molar-refractivity contribution is 6.06. The first-order valence-corrected chi connectivity index (χ1v) is 7.70. The minimum atomic E-state index is -5.28. The molecule has 0 radical (unpaired) electrons. The van der Waals surface area contributed by atoms with E-state index in [1.54, 1.807) is 5.32 Å². The molecule has 0 aromatic heterocycles. The number of hydrogen-bond acceptors (Lipinski definition) is 6. The summed E-state index contributed by atoms with van der Waals surface area (Å²) in [4.78, 5) is 24.9. The minimum Gasteiger partial charge on any atom is -0.493 e. The van der Waals surface area contributed by atoms with Crippen molar-refractivity contribution in [3.63, 3.8) is 0 Å². The van der Waals surface area contributed by atoms with Gasteiger partial charge in [-0.1, -0.05) is 0 Å². The van der Waals surface area contributed by atoms with Gasteiger partial charge in [0.25, 0.3) is 17.4 Å². The van der Waals surface area contributed by atoms with Crippen molar-refractivity contribution < 1.29 is 37.0 Å². The molecule has 2 N–H and O–H groups in total. The van der Waals surface area contributed by atoms with Crippen molar-refractivity contribution >= 4 is 11.8 Å². The SMILES string of the molecule is COc1ccc(C(=O)N[C@@]2(C(F)(F)F)C(=O)NC(C)=C2C#N)c(OC)c1OC. The second-order valence-electron chi connectivity index (χ2n) is 5.65. The molecule has 1 aromatic rings. The van der Waals surface area contributed by atoms with Crippen molar-refractivity contribution in [1.29, 1.82) is 5.26 Å². The van der Waals surface area contributed by atoms with Crippen LogP contribution in [0, 0.1) is 11.3 Å². The molecule has 1 aliphatic heterocycles. The maximum Gasteiger partial charge on any atom is 0.425 e. The average molecular weight is 399 g/mol. The molecule has 0 saturated carbocycles. The molecular formula is C17H16F3N3O5. The summed E-state index contributed by atoms with van der Waals surface area (Å²) in [5.74, 6) is -2.93. The lowest BCUT2D eigenvalue weighted by molar-refractivity contribution is -0.184. The van der Waals surface area contributed by atoms with Gasteiger partial charge in [-0.2, -0.15) is 18.4 Å². The standard InChI is InChI=1S/C17H16F3N3O5/c1-8-10(7-21)16(15(25)22-8,17(18,19)20)23-14(24)9-5-6-11(26-2)13(28-4)12(9)27-3/h5-6H,1-4H3,(H,22,25)(H,23,24)/t16-/m1/s1. The Morgan fingerprint density at radius 1 is 1.18 bits per heavy atom. The van der Waals surface area contributed by atoms with E-state index in [1.807, 2.05) is 5.32 Å². The van der Waals surface area contributed by atoms with Crippen LogP contribution < -0.4 is 24.8 Å². The Balaban J connectivity index is 2.62. The molecule has 8 nitrogen and oxygen atoms in total. The molecule has 1 aromatic carbocycles. The maximum absolute atomic E-state index is 13.9. The van der Waals surface area contributed by atoms with Crippen LogP contribution in [0.2, 0.25) is 0 Å². The predicted molar refractivity (Wildman–Crippen MR) is 88.8 cm³/mol. The molecular weight excluding hydrogens is 383 g/mol. The van der Waals surface area contributed by atoms with E-state index in [4.69, 9.17) is 14.2 Å². The molecule has 2 amide bonds. The van der Waals surface area contributed by atoms with E-state index < -0.39 is 29.1 Å². The average Bonchev–Trinajstić information content (AvgIpc) is 2.89. The van der Waals surface area contributed by atoms with Crippen molar-refractivity contribution in [2.24, 2.45) is 0 Å². The largest absolute Gasteiger partial charge is 0.493 e. The zero-order valence-corrected chi connectivity index (χ0v) is 15.3. The van der Waals surface area contributed by atoms with Gasteiger partial charge < -0.3 is 24.8 Å². The molecule has 0 aliphatic carbocycles. The van der Waals surface area contributed by atoms with Crippen LogP contribution in [-0.4, -0.2) is 44.9 Å². The van der Waals surface area contributed by atoms with Crippen molar-refractivity contribution in [1.82, 2.24) is 10.6 Å². The summed E-state index contributed by atoms with van der Waals surface area (Å²) in [7, 11) is 3.76. The number of benzene rings is 1. The topological polar surface area (TPSA) is 110 Å². The number of nitrogens with zero attached hydrogens (tertiary/aromatic N) is 1. The smallest absolute Gasteiger partial charge is 0.425 e. The number of halogens is 3. The van der Waals surface area contributed by atoms with Gasteiger partial charge in [0.15, 0.2) is 11.5 Å². The number of methoxy groups -OCH3 is 3. The number of ether oxygens (including phenoxy) is 3. The van der Waals surface area contributed by atoms with E-state index >= 15 is 0 Å². The summed E-state index contributed by atoms with van der Waals surface area (Å²) in [6.07, 6.45) is -5.28. The molecule has 2 rings (SSSR count). The number of carbonyl (C=O) groups excluding carboxylic acids is 2. The fraction of sp³-hybridized carbons (Fsp3) is 0.353. The number of hydrogen-bond donors (Lipinski definition) is 2. The fourth-order valence-electron chi connectivity index (χ4n) is 2.87. The summed E-state index contributed by atoms with van der Waals surface area (Å²) in [5.41, 5.74) is -5.12. The number of rotatable bonds is 5. The Labute approximate surface area is 157 Å². The van der Waals surface area contributed by atoms with Crippen LogP contribution in [0.3, 0.4) is 0 Å². The van der Waals surface area contributed by atoms with Crippen molar-refractivity contribution in [3.8, 4) is 23.3 Å². The van der Waals surface area contributed by atoms with E-state index in [9.17, 15) is 28.0 Å². The van der Waals surface area contributed by atoms with Crippen LogP contribution in [0.1, 0.15) is 17.3 Å². The lowest BCUT2D eigenvalue weighted by Crippen LogP contribution is -2.64. The van der Waals surface area contributed by atoms with E-state index in [2.05, 4.69) is 0 Å². The van der Waals surface area contributed by atoms with E-state index in [1.165, 1.54) is 33.5 Å². The Kier molecular flexibility index (Phi) is 5.45. The summed E-state index contributed by atoms with van der Waals surface area (Å²) < 4.78 is 56.8. The summed E-state index contributed by atoms with van der Waals surface area (Å²) in [5, 5.41) is 12.8. The van der Waals surface area contributed by atoms with Crippen LogP contribution in [0.25, 0.3) is 0 Å². The van der Waals surface area contributed by atoms with Crippen LogP contribution >= 0.6 is 0 Å². The zero-order valence-electron chi connectivity index (χ0n) is 15.3. The Hall–Kier alpha value is -3.42. The Bertz CT molecular complexity index is 905. The van der Waals surface area contributed by atoms with Gasteiger partial charge in [-0.05, 0) is 19.1 Å². The molecule has 1 aliphatic rings. The molecule has 0 fully saturated rings. The number of nitrogens with one attached hydrogen (secondary N) is 2. The summed E-state index contributed by atoms with van der Waals surface area (Å²) in [6.45, 7) is 1.13. The van der Waals surface area contributed by atoms with Crippen molar-refractivity contribution in [3.05, 3.63) is 29.0 Å². The number of nitriles is 1. The molecule has 1 atom stereocenters. The van der Waals surface area contributed by atoms with Crippen molar-refractivity contribution in [2.45, 2.75) is 18.6 Å². The second kappa shape index (κ2) is 7.30. The van der Waals surface area contributed by atoms with Crippen LogP contribution in [0.15, 0.2) is 23.4 Å². The Morgan fingerprint density at radius 2 is 1.79 bits per heavy atom. The van der Waals surface area contributed by atoms with Gasteiger partial charge in [0.05, 0.1) is 38.5 Å². The monoisotopic (exact) mass is 399 g/mol. The highest BCUT2D eigenvalue weighted by Crippen LogP contribution is 2.43. The van der Waals surface area contributed by atoms with Gasteiger partial charge in [0.2, 0.25) is 5.75 Å². The Morgan fingerprint density at radius 3 is 2.25 bits per heavy atom. The van der Waals surface area contributed by atoms with E-state index in [0.717, 1.165) is 13.0 Å². The molecule has 0 unspecified atom stereocenters. The van der Waals surface area contributed by atoms with E-state index in [-0.39, 0.29) is 28.5 Å². The first-order chi connectivity index (χ1) is 13.1. The molecule has 11 heteroatoms. The number of allylic oxidation sites excluding steroid dienone is 1. The lowest BCUT2D eigenvalue weighted by atomic mass is 9.89. The minimum absolute atomic E-state index is 0.0261. The van der Waals surface area contributed by atoms with Gasteiger partial charge in [-0.15, -0.1) is 0 Å². The number of carbonyl (C=O) groups is 2. The molecule has 0 saturated heterocycles. The lowest BCUT2D eigenvalue weighted by Gasteiger charge is -2.30. The van der Waals surface area contributed by atoms with Crippen LogP contribution in [-0.2, 0) is 4.79 Å². The predicted octanol–water partition coefficient (Wildman–Crippen LogP) is 1.67. The molecule has 0 spiro atoms. The first kappa shape index (κ1) is 20.9. The zero-order chi connectivity index (χ0) is 21.3. The van der Waals surface area contributed by atoms with Gasteiger partial charge >= 0.3 is 6.18 Å². The normalized spacial score (nSPS) is 19.0. The number of amides is 2. The van der Waals surface area contributed by atoms with Gasteiger partial charge in [-0.3, -0.25) is 9.59 Å². The third kappa shape index (κ3) is 2.96. The van der Waals surface area contributed by atoms with Gasteiger partial charge in [0, 0.05) is 5.70 Å². The first-order valence-electron chi connectivity index (χ1n) is 7.70. The molecule has 0 bridgehead atoms.